The van der Waals surface area contributed by atoms with Gasteiger partial charge in [0.25, 0.3) is 5.91 Å². The van der Waals surface area contributed by atoms with Gasteiger partial charge in [0.1, 0.15) is 11.6 Å². The molecule has 2 aliphatic heterocycles. The van der Waals surface area contributed by atoms with Gasteiger partial charge in [-0.2, -0.15) is 0 Å². The summed E-state index contributed by atoms with van der Waals surface area (Å²) >= 11 is 0. The largest absolute Gasteiger partial charge is 0.379 e. The average Bonchev–Trinajstić information content (AvgIpc) is 2.96. The highest BCUT2D eigenvalue weighted by Gasteiger charge is 2.24. The molecule has 4 nitrogen and oxygen atoms in total. The smallest absolute Gasteiger partial charge is 0.251 e. The molecule has 0 spiro atoms. The Kier molecular flexibility index (Phi) is 4.23. The fourth-order valence-electron chi connectivity index (χ4n) is 3.41. The lowest BCUT2D eigenvalue weighted by Gasteiger charge is -2.27. The Morgan fingerprint density at radius 1 is 1.04 bits per heavy atom. The number of fused-ring (bicyclic) bond motifs is 1. The van der Waals surface area contributed by atoms with Crippen molar-refractivity contribution < 1.29 is 18.3 Å². The predicted octanol–water partition coefficient (Wildman–Crippen LogP) is 2.71. The molecule has 0 aliphatic carbocycles. The highest BCUT2D eigenvalue weighted by molar-refractivity contribution is 5.99. The zero-order valence-electron chi connectivity index (χ0n) is 13.6. The SMILES string of the molecule is O=C1NCc2cc(CN3CCOCC3)c(-c3ccc(F)cc3F)cc21. The third-order valence-corrected chi connectivity index (χ3v) is 4.73. The molecule has 0 unspecified atom stereocenters. The van der Waals surface area contributed by atoms with Crippen LogP contribution in [-0.4, -0.2) is 37.1 Å². The van der Waals surface area contributed by atoms with Crippen molar-refractivity contribution in [1.82, 2.24) is 10.2 Å². The number of carbonyl (C=O) groups excluding carboxylic acids is 1. The molecule has 130 valence electrons. The van der Waals surface area contributed by atoms with Gasteiger partial charge >= 0.3 is 0 Å². The minimum Gasteiger partial charge on any atom is -0.379 e. The van der Waals surface area contributed by atoms with Crippen molar-refractivity contribution in [1.29, 1.82) is 0 Å². The average molecular weight is 344 g/mol. The Morgan fingerprint density at radius 2 is 1.84 bits per heavy atom. The third-order valence-electron chi connectivity index (χ3n) is 4.73. The van der Waals surface area contributed by atoms with E-state index in [1.165, 1.54) is 12.1 Å². The van der Waals surface area contributed by atoms with Crippen molar-refractivity contribution in [2.45, 2.75) is 13.1 Å². The summed E-state index contributed by atoms with van der Waals surface area (Å²) in [4.78, 5) is 14.2. The monoisotopic (exact) mass is 344 g/mol. The quantitative estimate of drug-likeness (QED) is 0.931. The van der Waals surface area contributed by atoms with E-state index in [9.17, 15) is 13.6 Å². The number of morpholine rings is 1. The lowest BCUT2D eigenvalue weighted by molar-refractivity contribution is 0.0342. The minimum atomic E-state index is -0.624. The zero-order valence-corrected chi connectivity index (χ0v) is 13.6. The van der Waals surface area contributed by atoms with Crippen LogP contribution in [0.4, 0.5) is 8.78 Å². The van der Waals surface area contributed by atoms with Crippen LogP contribution in [0.3, 0.4) is 0 Å². The molecule has 0 saturated carbocycles. The van der Waals surface area contributed by atoms with Crippen LogP contribution >= 0.6 is 0 Å². The van der Waals surface area contributed by atoms with Gasteiger partial charge in [-0.1, -0.05) is 6.07 Å². The Labute approximate surface area is 144 Å². The Balaban J connectivity index is 1.79. The van der Waals surface area contributed by atoms with E-state index in [-0.39, 0.29) is 5.91 Å². The molecule has 1 saturated heterocycles. The Morgan fingerprint density at radius 3 is 2.60 bits per heavy atom. The number of benzene rings is 2. The van der Waals surface area contributed by atoms with Gasteiger partial charge < -0.3 is 10.1 Å². The van der Waals surface area contributed by atoms with Gasteiger partial charge in [0.15, 0.2) is 0 Å². The van der Waals surface area contributed by atoms with Crippen LogP contribution < -0.4 is 5.32 Å². The van der Waals surface area contributed by atoms with Crippen molar-refractivity contribution in [3.63, 3.8) is 0 Å². The molecule has 6 heteroatoms. The van der Waals surface area contributed by atoms with Crippen LogP contribution in [-0.2, 0) is 17.8 Å². The number of rotatable bonds is 3. The molecule has 1 amide bonds. The van der Waals surface area contributed by atoms with Gasteiger partial charge in [-0.3, -0.25) is 9.69 Å². The van der Waals surface area contributed by atoms with Gasteiger partial charge in [0, 0.05) is 43.4 Å². The zero-order chi connectivity index (χ0) is 17.4. The molecule has 0 atom stereocenters. The van der Waals surface area contributed by atoms with Crippen LogP contribution in [0, 0.1) is 11.6 Å². The molecule has 4 rings (SSSR count). The number of halogens is 2. The molecular weight excluding hydrogens is 326 g/mol. The fraction of sp³-hybridized carbons (Fsp3) is 0.316. The van der Waals surface area contributed by atoms with Crippen molar-refractivity contribution in [3.8, 4) is 11.1 Å². The molecular formula is C19H18F2N2O2. The summed E-state index contributed by atoms with van der Waals surface area (Å²) in [7, 11) is 0. The van der Waals surface area contributed by atoms with Gasteiger partial charge in [-0.15, -0.1) is 0 Å². The molecule has 0 radical (unpaired) electrons. The maximum atomic E-state index is 14.4. The normalized spacial score (nSPS) is 17.4. The van der Waals surface area contributed by atoms with E-state index in [4.69, 9.17) is 4.74 Å². The standard InChI is InChI=1S/C19H18F2N2O2/c20-14-1-2-15(18(21)8-14)16-9-17-12(10-22-19(17)24)7-13(16)11-23-3-5-25-6-4-23/h1-2,7-9H,3-6,10-11H2,(H,22,24). The molecule has 1 fully saturated rings. The predicted molar refractivity (Wildman–Crippen MR) is 89.1 cm³/mol. The van der Waals surface area contributed by atoms with E-state index in [1.807, 2.05) is 6.07 Å². The highest BCUT2D eigenvalue weighted by Crippen LogP contribution is 2.32. The number of carbonyl (C=O) groups is 1. The van der Waals surface area contributed by atoms with Gasteiger partial charge in [-0.25, -0.2) is 8.78 Å². The van der Waals surface area contributed by atoms with Crippen molar-refractivity contribution in [3.05, 3.63) is 58.7 Å². The van der Waals surface area contributed by atoms with Crippen LogP contribution in [0.25, 0.3) is 11.1 Å². The summed E-state index contributed by atoms with van der Waals surface area (Å²) in [6, 6.07) is 7.23. The molecule has 0 aromatic heterocycles. The van der Waals surface area contributed by atoms with Crippen LogP contribution in [0.1, 0.15) is 21.5 Å². The first-order chi connectivity index (χ1) is 12.1. The number of nitrogens with one attached hydrogen (secondary N) is 1. The highest BCUT2D eigenvalue weighted by atomic mass is 19.1. The van der Waals surface area contributed by atoms with Gasteiger partial charge in [0.2, 0.25) is 0 Å². The third kappa shape index (κ3) is 3.15. The van der Waals surface area contributed by atoms with E-state index < -0.39 is 11.6 Å². The second-order valence-electron chi connectivity index (χ2n) is 6.36. The molecule has 1 N–H and O–H groups in total. The number of ether oxygens (including phenoxy) is 1. The summed E-state index contributed by atoms with van der Waals surface area (Å²) in [5.74, 6) is -1.40. The molecule has 2 aromatic rings. The van der Waals surface area contributed by atoms with E-state index >= 15 is 0 Å². The number of amides is 1. The topological polar surface area (TPSA) is 41.6 Å². The van der Waals surface area contributed by atoms with Crippen LogP contribution in [0.15, 0.2) is 30.3 Å². The summed E-state index contributed by atoms with van der Waals surface area (Å²) in [5, 5.41) is 2.79. The summed E-state index contributed by atoms with van der Waals surface area (Å²) < 4.78 is 33.0. The van der Waals surface area contributed by atoms with E-state index in [2.05, 4.69) is 10.2 Å². The summed E-state index contributed by atoms with van der Waals surface area (Å²) in [6.07, 6.45) is 0. The van der Waals surface area contributed by atoms with Crippen molar-refractivity contribution in [2.75, 3.05) is 26.3 Å². The second kappa shape index (κ2) is 6.54. The first kappa shape index (κ1) is 16.2. The fourth-order valence-corrected chi connectivity index (χ4v) is 3.41. The lowest BCUT2D eigenvalue weighted by atomic mass is 9.93. The Hall–Kier alpha value is -2.31. The van der Waals surface area contributed by atoms with Gasteiger partial charge in [0.05, 0.1) is 13.2 Å². The first-order valence-electron chi connectivity index (χ1n) is 8.31. The molecule has 25 heavy (non-hydrogen) atoms. The Bertz CT molecular complexity index is 832. The summed E-state index contributed by atoms with van der Waals surface area (Å²) in [6.45, 7) is 4.07. The number of hydrogen-bond acceptors (Lipinski definition) is 3. The molecule has 2 aromatic carbocycles. The van der Waals surface area contributed by atoms with E-state index in [0.29, 0.717) is 43.0 Å². The molecule has 2 heterocycles. The van der Waals surface area contributed by atoms with Crippen molar-refractivity contribution >= 4 is 5.91 Å². The maximum Gasteiger partial charge on any atom is 0.251 e. The molecule has 0 bridgehead atoms. The molecule has 2 aliphatic rings. The minimum absolute atomic E-state index is 0.156. The number of hydrogen-bond donors (Lipinski definition) is 1. The summed E-state index contributed by atoms with van der Waals surface area (Å²) in [5.41, 5.74) is 3.36. The van der Waals surface area contributed by atoms with E-state index in [0.717, 1.165) is 30.3 Å². The van der Waals surface area contributed by atoms with Crippen LogP contribution in [0.2, 0.25) is 0 Å². The van der Waals surface area contributed by atoms with Crippen LogP contribution in [0.5, 0.6) is 0 Å². The van der Waals surface area contributed by atoms with Gasteiger partial charge in [-0.05, 0) is 34.9 Å². The maximum absolute atomic E-state index is 14.4. The lowest BCUT2D eigenvalue weighted by Crippen LogP contribution is -2.35. The van der Waals surface area contributed by atoms with Crippen molar-refractivity contribution in [2.24, 2.45) is 0 Å². The van der Waals surface area contributed by atoms with E-state index in [1.54, 1.807) is 6.07 Å². The number of nitrogens with zero attached hydrogens (tertiary/aromatic N) is 1. The first-order valence-corrected chi connectivity index (χ1v) is 8.31. The second-order valence-corrected chi connectivity index (χ2v) is 6.36.